The fourth-order valence-electron chi connectivity index (χ4n) is 4.29. The number of nitrogens with one attached hydrogen (secondary N) is 8. The number of halogens is 7. The van der Waals surface area contributed by atoms with Crippen LogP contribution in [0.15, 0.2) is 0 Å². The van der Waals surface area contributed by atoms with Gasteiger partial charge in [-0.2, -0.15) is 59.8 Å². The highest BCUT2D eigenvalue weighted by Gasteiger charge is 2.11. The molecule has 4 heterocycles. The quantitative estimate of drug-likeness (QED) is 0.0222. The van der Waals surface area contributed by atoms with E-state index in [1.807, 2.05) is 20.8 Å². The first kappa shape index (κ1) is 92.0. The molecule has 4 rings (SSSR count). The third-order valence-corrected chi connectivity index (χ3v) is 8.61. The maximum atomic E-state index is 5.76. The molecule has 0 bridgehead atoms. The van der Waals surface area contributed by atoms with Gasteiger partial charge < -0.3 is 52.5 Å². The van der Waals surface area contributed by atoms with Gasteiger partial charge in [0.15, 0.2) is 0 Å². The maximum Gasteiger partial charge on any atom is 0.256 e. The number of ether oxygens (including phenoxy) is 1. The molecule has 0 saturated carbocycles. The van der Waals surface area contributed by atoms with Crippen LogP contribution in [0.5, 0.6) is 0 Å². The zero-order valence-corrected chi connectivity index (χ0v) is 56.7. The number of anilines is 9. The molecule has 0 radical (unpaired) electrons. The van der Waals surface area contributed by atoms with Crippen LogP contribution in [0, 0.1) is 47.4 Å². The minimum atomic E-state index is 0. The number of hydroxylamine groups is 3. The van der Waals surface area contributed by atoms with E-state index < -0.39 is 0 Å². The van der Waals surface area contributed by atoms with Crippen molar-refractivity contribution in [1.82, 2.24) is 65.3 Å². The average Bonchev–Trinajstić information content (AvgIpc) is 3.46. The zero-order chi connectivity index (χ0) is 60.6. The minimum absolute atomic E-state index is 0. The summed E-state index contributed by atoms with van der Waals surface area (Å²) in [6, 6.07) is 0. The van der Waals surface area contributed by atoms with Crippen molar-refractivity contribution in [3.63, 3.8) is 0 Å². The van der Waals surface area contributed by atoms with Crippen LogP contribution in [0.1, 0.15) is 94.9 Å². The van der Waals surface area contributed by atoms with E-state index in [0.717, 1.165) is 65.1 Å². The first-order valence-corrected chi connectivity index (χ1v) is 26.6. The van der Waals surface area contributed by atoms with Crippen molar-refractivity contribution >= 4 is 138 Å². The molecular weight excluding hydrogens is 1230 g/mol. The Kier molecular flexibility index (Phi) is 72.7. The smallest absolute Gasteiger partial charge is 0.256 e. The Morgan fingerprint density at radius 3 is 0.881 bits per heavy atom. The van der Waals surface area contributed by atoms with Crippen LogP contribution in [0.3, 0.4) is 0 Å². The molecular formula is C50H90Cl7N23O4. The Hall–Kier alpha value is -5.73. The van der Waals surface area contributed by atoms with Crippen molar-refractivity contribution < 1.29 is 19.2 Å². The van der Waals surface area contributed by atoms with Crippen LogP contribution in [-0.4, -0.2) is 168 Å². The van der Waals surface area contributed by atoms with E-state index >= 15 is 0 Å². The van der Waals surface area contributed by atoms with Gasteiger partial charge in [0, 0.05) is 60.5 Å². The molecule has 10 N–H and O–H groups in total. The van der Waals surface area contributed by atoms with Crippen LogP contribution < -0.4 is 58.6 Å². The monoisotopic (exact) mass is 1320 g/mol. The maximum absolute atomic E-state index is 5.76. The first-order chi connectivity index (χ1) is 38.6. The second kappa shape index (κ2) is 66.4. The van der Waals surface area contributed by atoms with Crippen molar-refractivity contribution in [2.24, 2.45) is 5.73 Å². The molecule has 84 heavy (non-hydrogen) atoms. The van der Waals surface area contributed by atoms with E-state index in [2.05, 4.69) is 175 Å². The summed E-state index contributed by atoms with van der Waals surface area (Å²) in [6.45, 7) is 26.2. The SMILES string of the molecule is CC#CCN.CC#CCNc1nc(Cl)nc(NCCC)n1.CC#CCNc1nc(NCCC)nc(N(C)OC)n1.CC#CCNc1nc(NCCC)nc(N(C)OC)n1.CCCNc1nc(Cl)nc(Cl)n1.CCOCC.CNOC.Cl.Cl.Cl.Cl. The van der Waals surface area contributed by atoms with Crippen molar-refractivity contribution in [3.05, 3.63) is 15.9 Å². The molecule has 4 aromatic heterocycles. The fraction of sp³-hybridized carbons (Fsp3) is 0.600. The van der Waals surface area contributed by atoms with E-state index in [-0.39, 0.29) is 65.5 Å². The number of nitrogens with zero attached hydrogens (tertiary/aromatic N) is 14. The summed E-state index contributed by atoms with van der Waals surface area (Å²) < 4.78 is 4.83. The molecule has 0 aliphatic heterocycles. The van der Waals surface area contributed by atoms with Gasteiger partial charge in [-0.15, -0.1) is 73.3 Å². The van der Waals surface area contributed by atoms with Gasteiger partial charge in [0.1, 0.15) is 0 Å². The van der Waals surface area contributed by atoms with Crippen LogP contribution in [0.4, 0.5) is 53.5 Å². The third kappa shape index (κ3) is 53.0. The number of aromatic nitrogens is 12. The molecule has 0 saturated heterocycles. The van der Waals surface area contributed by atoms with Crippen LogP contribution >= 0.6 is 84.4 Å². The molecule has 0 fully saturated rings. The van der Waals surface area contributed by atoms with E-state index in [4.69, 9.17) is 54.9 Å². The Balaban J connectivity index is -0.000000173. The predicted molar refractivity (Wildman–Crippen MR) is 356 cm³/mol. The molecule has 0 atom stereocenters. The van der Waals surface area contributed by atoms with E-state index in [1.165, 1.54) is 10.1 Å². The van der Waals surface area contributed by atoms with Gasteiger partial charge in [-0.25, -0.2) is 15.6 Å². The van der Waals surface area contributed by atoms with Crippen LogP contribution in [0.25, 0.3) is 0 Å². The summed E-state index contributed by atoms with van der Waals surface area (Å²) >= 11 is 16.8. The Labute approximate surface area is 538 Å². The number of hydrogen-bond donors (Lipinski definition) is 9. The highest BCUT2D eigenvalue weighted by molar-refractivity contribution is 6.31. The summed E-state index contributed by atoms with van der Waals surface area (Å²) in [5, 5.41) is 24.5. The molecule has 0 amide bonds. The van der Waals surface area contributed by atoms with Crippen molar-refractivity contribution in [1.29, 1.82) is 0 Å². The summed E-state index contributed by atoms with van der Waals surface area (Å²) in [5.74, 6) is 26.5. The van der Waals surface area contributed by atoms with Gasteiger partial charge in [-0.3, -0.25) is 9.68 Å². The van der Waals surface area contributed by atoms with Gasteiger partial charge in [-0.05, 0) is 102 Å². The normalized spacial score (nSPS) is 8.62. The summed E-state index contributed by atoms with van der Waals surface area (Å²) in [7, 11) is 9.85. The highest BCUT2D eigenvalue weighted by atomic mass is 35.5. The lowest BCUT2D eigenvalue weighted by Crippen LogP contribution is -2.20. The Morgan fingerprint density at radius 2 is 0.667 bits per heavy atom. The van der Waals surface area contributed by atoms with Gasteiger partial charge in [0.25, 0.3) is 11.9 Å². The second-order valence-electron chi connectivity index (χ2n) is 14.2. The minimum Gasteiger partial charge on any atom is -0.382 e. The lowest BCUT2D eigenvalue weighted by Gasteiger charge is -2.15. The molecule has 0 unspecified atom stereocenters. The molecule has 478 valence electrons. The molecule has 27 nitrogen and oxygen atoms in total. The summed E-state index contributed by atoms with van der Waals surface area (Å²) in [5.41, 5.74) is 7.40. The first-order valence-electron chi connectivity index (χ1n) is 25.4. The van der Waals surface area contributed by atoms with Crippen molar-refractivity contribution in [2.75, 3.05) is 155 Å². The number of rotatable bonds is 25. The van der Waals surface area contributed by atoms with E-state index in [9.17, 15) is 0 Å². The van der Waals surface area contributed by atoms with Gasteiger partial charge in [0.05, 0.1) is 47.5 Å². The topological polar surface area (TPSA) is 320 Å². The van der Waals surface area contributed by atoms with Crippen LogP contribution in [-0.2, 0) is 19.2 Å². The predicted octanol–water partition coefficient (Wildman–Crippen LogP) is 8.50. The molecule has 0 aromatic carbocycles. The molecule has 4 aromatic rings. The number of nitrogens with two attached hydrogens (primary N) is 1. The lowest BCUT2D eigenvalue weighted by molar-refractivity contribution is 0.112. The highest BCUT2D eigenvalue weighted by Crippen LogP contribution is 2.14. The summed E-state index contributed by atoms with van der Waals surface area (Å²) in [6.07, 6.45) is 3.96. The molecule has 0 spiro atoms. The van der Waals surface area contributed by atoms with Crippen molar-refractivity contribution in [2.45, 2.75) is 94.9 Å². The Bertz CT molecular complexity index is 2350. The van der Waals surface area contributed by atoms with Gasteiger partial charge >= 0.3 is 0 Å². The third-order valence-electron chi connectivity index (χ3n) is 8.11. The van der Waals surface area contributed by atoms with E-state index in [1.54, 1.807) is 70.2 Å². The Morgan fingerprint density at radius 1 is 0.417 bits per heavy atom. The molecule has 0 aliphatic rings. The molecule has 0 aliphatic carbocycles. The zero-order valence-electron chi connectivity index (χ0n) is 51.1. The average molecular weight is 1330 g/mol. The van der Waals surface area contributed by atoms with Gasteiger partial charge in [0.2, 0.25) is 57.5 Å². The lowest BCUT2D eigenvalue weighted by atomic mass is 10.5. The van der Waals surface area contributed by atoms with E-state index in [0.29, 0.717) is 79.7 Å². The second-order valence-corrected chi connectivity index (χ2v) is 15.3. The fourth-order valence-corrected chi connectivity index (χ4v) is 4.82. The van der Waals surface area contributed by atoms with Crippen molar-refractivity contribution in [3.8, 4) is 47.4 Å². The largest absolute Gasteiger partial charge is 0.382 e. The van der Waals surface area contributed by atoms with Crippen LogP contribution in [0.2, 0.25) is 15.9 Å². The van der Waals surface area contributed by atoms with Gasteiger partial charge in [-0.1, -0.05) is 51.4 Å². The summed E-state index contributed by atoms with van der Waals surface area (Å²) in [4.78, 5) is 63.3. The molecule has 34 heteroatoms. The number of hydrogen-bond acceptors (Lipinski definition) is 27. The standard InChI is InChI=1S/2C12H20N6O.C10H14ClN5.C6H8Cl2N4.C4H7N.C4H10O.C2H7NO.4ClH/c2*1-5-7-9-14-11-15-10(13-8-6-2)16-12(17-11)18(3)19-4;1-3-5-7-13-10-15-8(11)14-9(16-10)12-6-4-2;1-2-3-9-6-11-4(7)10-5(8)12-6;1-2-3-4-5;1-3-5-4-2;1-3-4-2;;;;/h2*6,8-9H2,1-4H3,(H2,13,14,15,16,17);4,6-7H2,1-2H3,(H2,12,13,14,15,16);2-3H2,1H3,(H,9,10,11,12);4-5H2,1H3;3-4H2,1-2H3;3H,1-2H3;4*1H.